The minimum Gasteiger partial charge on any atom is -0.439 e. The van der Waals surface area contributed by atoms with Crippen molar-refractivity contribution in [1.82, 2.24) is 9.97 Å². The number of nitro benzene ring substituents is 1. The monoisotopic (exact) mass is 387 g/mol. The lowest BCUT2D eigenvalue weighted by atomic mass is 10.3. The second kappa shape index (κ2) is 5.62. The van der Waals surface area contributed by atoms with Gasteiger partial charge in [0.2, 0.25) is 5.88 Å². The van der Waals surface area contributed by atoms with E-state index >= 15 is 0 Å². The first kappa shape index (κ1) is 13.9. The molecule has 1 heterocycles. The fourth-order valence-corrected chi connectivity index (χ4v) is 2.30. The van der Waals surface area contributed by atoms with Crippen LogP contribution in [-0.2, 0) is 0 Å². The van der Waals surface area contributed by atoms with E-state index in [9.17, 15) is 10.1 Å². The van der Waals surface area contributed by atoms with Crippen molar-refractivity contribution in [3.05, 3.63) is 49.3 Å². The summed E-state index contributed by atoms with van der Waals surface area (Å²) in [5.74, 6) is 1.17. The molecule has 8 heteroatoms. The molecule has 0 saturated carbocycles. The molecule has 0 spiro atoms. The summed E-state index contributed by atoms with van der Waals surface area (Å²) in [4.78, 5) is 18.4. The number of nitrogens with zero attached hydrogens (tertiary/aromatic N) is 3. The molecule has 0 aliphatic heterocycles. The average molecular weight is 389 g/mol. The highest BCUT2D eigenvalue weighted by Gasteiger charge is 2.11. The van der Waals surface area contributed by atoms with Gasteiger partial charge in [0.15, 0.2) is 0 Å². The average Bonchev–Trinajstić information content (AvgIpc) is 2.26. The number of benzene rings is 1. The highest BCUT2D eigenvalue weighted by molar-refractivity contribution is 9.10. The Morgan fingerprint density at radius 1 is 1.21 bits per heavy atom. The van der Waals surface area contributed by atoms with Gasteiger partial charge in [0.05, 0.1) is 11.0 Å². The van der Waals surface area contributed by atoms with Crippen LogP contribution in [0, 0.1) is 17.0 Å². The Hall–Kier alpha value is -1.54. The van der Waals surface area contributed by atoms with E-state index in [0.717, 1.165) is 0 Å². The molecule has 0 amide bonds. The van der Waals surface area contributed by atoms with E-state index in [1.54, 1.807) is 19.1 Å². The molecule has 2 rings (SSSR count). The molecule has 0 atom stereocenters. The van der Waals surface area contributed by atoms with Crippen molar-refractivity contribution in [2.45, 2.75) is 6.92 Å². The number of ether oxygens (including phenoxy) is 1. The fraction of sp³-hybridized carbons (Fsp3) is 0.0909. The molecular formula is C11H7Br2N3O3. The number of halogens is 2. The third kappa shape index (κ3) is 3.71. The van der Waals surface area contributed by atoms with Crippen molar-refractivity contribution in [2.75, 3.05) is 0 Å². The zero-order valence-electron chi connectivity index (χ0n) is 9.63. The molecule has 1 aromatic carbocycles. The van der Waals surface area contributed by atoms with Crippen LogP contribution in [0.1, 0.15) is 5.82 Å². The maximum absolute atomic E-state index is 10.8. The number of aryl methyl sites for hydroxylation is 1. The van der Waals surface area contributed by atoms with E-state index < -0.39 is 4.92 Å². The summed E-state index contributed by atoms with van der Waals surface area (Å²) in [5.41, 5.74) is -0.0609. The summed E-state index contributed by atoms with van der Waals surface area (Å²) in [7, 11) is 0. The summed E-state index contributed by atoms with van der Waals surface area (Å²) >= 11 is 6.43. The fourth-order valence-electron chi connectivity index (χ4n) is 1.39. The summed E-state index contributed by atoms with van der Waals surface area (Å²) in [6, 6.07) is 5.93. The van der Waals surface area contributed by atoms with Gasteiger partial charge in [-0.2, -0.15) is 4.98 Å². The Balaban J connectivity index is 2.35. The second-order valence-corrected chi connectivity index (χ2v) is 5.31. The van der Waals surface area contributed by atoms with Crippen molar-refractivity contribution < 1.29 is 9.66 Å². The first-order valence-corrected chi connectivity index (χ1v) is 6.66. The Bertz CT molecular complexity index is 629. The molecule has 0 aliphatic carbocycles. The molecule has 0 radical (unpaired) electrons. The Morgan fingerprint density at radius 3 is 2.58 bits per heavy atom. The molecule has 6 nitrogen and oxygen atoms in total. The van der Waals surface area contributed by atoms with Gasteiger partial charge in [0, 0.05) is 16.6 Å². The molecule has 19 heavy (non-hydrogen) atoms. The van der Waals surface area contributed by atoms with Crippen molar-refractivity contribution in [3.8, 4) is 11.6 Å². The number of rotatable bonds is 3. The van der Waals surface area contributed by atoms with Crippen LogP contribution in [0.2, 0.25) is 0 Å². The summed E-state index contributed by atoms with van der Waals surface area (Å²) in [6.45, 7) is 1.72. The lowest BCUT2D eigenvalue weighted by molar-refractivity contribution is -0.385. The van der Waals surface area contributed by atoms with E-state index in [0.29, 0.717) is 26.5 Å². The van der Waals surface area contributed by atoms with Gasteiger partial charge >= 0.3 is 0 Å². The van der Waals surface area contributed by atoms with Crippen molar-refractivity contribution in [1.29, 1.82) is 0 Å². The molecule has 1 aromatic heterocycles. The predicted molar refractivity (Wildman–Crippen MR) is 75.3 cm³/mol. The molecule has 0 saturated heterocycles. The molecule has 0 bridgehead atoms. The van der Waals surface area contributed by atoms with Crippen LogP contribution < -0.4 is 4.74 Å². The Morgan fingerprint density at radius 2 is 1.95 bits per heavy atom. The molecule has 0 unspecified atom stereocenters. The number of hydrogen-bond donors (Lipinski definition) is 0. The highest BCUT2D eigenvalue weighted by atomic mass is 79.9. The number of aromatic nitrogens is 2. The van der Waals surface area contributed by atoms with Crippen LogP contribution in [0.4, 0.5) is 5.69 Å². The molecule has 0 N–H and O–H groups in total. The topological polar surface area (TPSA) is 78.2 Å². The minimum absolute atomic E-state index is 0.0609. The number of hydrogen-bond acceptors (Lipinski definition) is 5. The Kier molecular flexibility index (Phi) is 4.11. The largest absolute Gasteiger partial charge is 0.439 e. The quantitative estimate of drug-likeness (QED) is 0.451. The summed E-state index contributed by atoms with van der Waals surface area (Å²) in [6.07, 6.45) is 0. The van der Waals surface area contributed by atoms with E-state index in [1.165, 1.54) is 12.1 Å². The highest BCUT2D eigenvalue weighted by Crippen LogP contribution is 2.29. The first-order chi connectivity index (χ1) is 8.94. The zero-order valence-corrected chi connectivity index (χ0v) is 12.8. The van der Waals surface area contributed by atoms with Gasteiger partial charge in [-0.1, -0.05) is 15.9 Å². The van der Waals surface area contributed by atoms with Gasteiger partial charge in [-0.15, -0.1) is 0 Å². The lowest BCUT2D eigenvalue weighted by Crippen LogP contribution is -1.94. The van der Waals surface area contributed by atoms with E-state index in [1.807, 2.05) is 0 Å². The van der Waals surface area contributed by atoms with Crippen molar-refractivity contribution >= 4 is 37.5 Å². The van der Waals surface area contributed by atoms with Gasteiger partial charge < -0.3 is 4.74 Å². The molecule has 0 aliphatic rings. The van der Waals surface area contributed by atoms with Gasteiger partial charge in [0.1, 0.15) is 16.2 Å². The SMILES string of the molecule is Cc1nc(Br)cc(Oc2cc(Br)cc([N+](=O)[O-])c2)n1. The summed E-state index contributed by atoms with van der Waals surface area (Å²) in [5, 5.41) is 10.8. The zero-order chi connectivity index (χ0) is 14.0. The van der Waals surface area contributed by atoms with E-state index in [2.05, 4.69) is 41.8 Å². The van der Waals surface area contributed by atoms with E-state index in [4.69, 9.17) is 4.74 Å². The maximum Gasteiger partial charge on any atom is 0.274 e. The van der Waals surface area contributed by atoms with Crippen LogP contribution in [0.25, 0.3) is 0 Å². The second-order valence-electron chi connectivity index (χ2n) is 3.58. The lowest BCUT2D eigenvalue weighted by Gasteiger charge is -2.06. The molecule has 2 aromatic rings. The molecular weight excluding hydrogens is 382 g/mol. The predicted octanol–water partition coefficient (Wildman–Crippen LogP) is 4.01. The van der Waals surface area contributed by atoms with Gasteiger partial charge in [0.25, 0.3) is 5.69 Å². The molecule has 98 valence electrons. The molecule has 0 fully saturated rings. The van der Waals surface area contributed by atoms with Crippen LogP contribution in [0.5, 0.6) is 11.6 Å². The van der Waals surface area contributed by atoms with Crippen molar-refractivity contribution in [3.63, 3.8) is 0 Å². The number of non-ortho nitro benzene ring substituents is 1. The third-order valence-electron chi connectivity index (χ3n) is 2.07. The third-order valence-corrected chi connectivity index (χ3v) is 2.94. The van der Waals surface area contributed by atoms with Crippen LogP contribution >= 0.6 is 31.9 Å². The Labute approximate surface area is 125 Å². The van der Waals surface area contributed by atoms with Crippen LogP contribution in [0.15, 0.2) is 33.3 Å². The van der Waals surface area contributed by atoms with Crippen molar-refractivity contribution in [2.24, 2.45) is 0 Å². The van der Waals surface area contributed by atoms with E-state index in [-0.39, 0.29) is 5.69 Å². The summed E-state index contributed by atoms with van der Waals surface area (Å²) < 4.78 is 6.64. The normalized spacial score (nSPS) is 10.3. The minimum atomic E-state index is -0.487. The maximum atomic E-state index is 10.8. The van der Waals surface area contributed by atoms with Gasteiger partial charge in [-0.3, -0.25) is 10.1 Å². The van der Waals surface area contributed by atoms with Crippen LogP contribution in [0.3, 0.4) is 0 Å². The smallest absolute Gasteiger partial charge is 0.274 e. The first-order valence-electron chi connectivity index (χ1n) is 5.08. The van der Waals surface area contributed by atoms with Gasteiger partial charge in [-0.25, -0.2) is 4.98 Å². The van der Waals surface area contributed by atoms with Gasteiger partial charge in [-0.05, 0) is 28.9 Å². The van der Waals surface area contributed by atoms with Crippen LogP contribution in [-0.4, -0.2) is 14.9 Å². The standard InChI is InChI=1S/C11H7Br2N3O3/c1-6-14-10(13)5-11(15-6)19-9-3-7(12)2-8(4-9)16(17)18/h2-5H,1H3. The number of nitro groups is 1.